The molecule has 0 aromatic heterocycles. The van der Waals surface area contributed by atoms with Crippen LogP contribution in [0.3, 0.4) is 0 Å². The highest BCUT2D eigenvalue weighted by Crippen LogP contribution is 2.27. The molecule has 3 aromatic carbocycles. The van der Waals surface area contributed by atoms with Gasteiger partial charge in [-0.15, -0.1) is 0 Å². The first-order valence-corrected chi connectivity index (χ1v) is 15.6. The third-order valence-electron chi connectivity index (χ3n) is 6.15. The Bertz CT molecular complexity index is 1150. The molecule has 1 heterocycles. The zero-order chi connectivity index (χ0) is 24.9. The van der Waals surface area contributed by atoms with Crippen LogP contribution in [0.1, 0.15) is 12.8 Å². The summed E-state index contributed by atoms with van der Waals surface area (Å²) in [6.07, 6.45) is -0.203. The Labute approximate surface area is 213 Å². The van der Waals surface area contributed by atoms with Crippen molar-refractivity contribution in [2.45, 2.75) is 42.8 Å². The number of hydrogen-bond donors (Lipinski definition) is 0. The predicted octanol–water partition coefficient (Wildman–Crippen LogP) is 3.97. The van der Waals surface area contributed by atoms with E-state index in [4.69, 9.17) is 29.7 Å². The summed E-state index contributed by atoms with van der Waals surface area (Å²) in [6.45, 7) is 2.05. The van der Waals surface area contributed by atoms with Gasteiger partial charge in [0.2, 0.25) is 0 Å². The van der Waals surface area contributed by atoms with Crippen molar-refractivity contribution >= 4 is 40.4 Å². The molecule has 35 heavy (non-hydrogen) atoms. The molecule has 0 unspecified atom stereocenters. The zero-order valence-electron chi connectivity index (χ0n) is 19.7. The fourth-order valence-corrected chi connectivity index (χ4v) is 8.45. The molecule has 3 atom stereocenters. The van der Waals surface area contributed by atoms with E-state index >= 15 is 0 Å². The van der Waals surface area contributed by atoms with Crippen LogP contribution in [-0.4, -0.2) is 48.9 Å². The van der Waals surface area contributed by atoms with E-state index in [2.05, 4.69) is 30.8 Å². The lowest BCUT2D eigenvalue weighted by molar-refractivity contribution is -0.206. The Morgan fingerprint density at radius 3 is 2.03 bits per heavy atom. The summed E-state index contributed by atoms with van der Waals surface area (Å²) in [4.78, 5) is 0.0435. The van der Waals surface area contributed by atoms with Gasteiger partial charge in [-0.1, -0.05) is 72.3 Å². The van der Waals surface area contributed by atoms with Gasteiger partial charge in [0.15, 0.2) is 6.29 Å². The van der Waals surface area contributed by atoms with Crippen molar-refractivity contribution < 1.29 is 26.5 Å². The van der Waals surface area contributed by atoms with Crippen LogP contribution in [0.2, 0.25) is 11.6 Å². The first-order valence-electron chi connectivity index (χ1n) is 11.4. The van der Waals surface area contributed by atoms with E-state index in [-0.39, 0.29) is 17.6 Å². The quantitative estimate of drug-likeness (QED) is 0.307. The van der Waals surface area contributed by atoms with Gasteiger partial charge in [-0.25, -0.2) is 0 Å². The molecule has 1 saturated heterocycles. The Morgan fingerprint density at radius 2 is 1.49 bits per heavy atom. The first kappa shape index (κ1) is 26.0. The molecule has 0 amide bonds. The molecule has 0 saturated carbocycles. The predicted molar refractivity (Wildman–Crippen MR) is 138 cm³/mol. The van der Waals surface area contributed by atoms with Crippen LogP contribution in [0.15, 0.2) is 89.8 Å². The van der Waals surface area contributed by atoms with Crippen LogP contribution in [-0.2, 0) is 28.2 Å². The molecule has 1 aliphatic heterocycles. The second-order valence-corrected chi connectivity index (χ2v) is 14.1. The van der Waals surface area contributed by atoms with Crippen LogP contribution < -0.4 is 10.4 Å². The van der Waals surface area contributed by atoms with Crippen molar-refractivity contribution in [3.8, 4) is 0 Å². The fraction of sp³-hybridized carbons (Fsp3) is 0.308. The van der Waals surface area contributed by atoms with Gasteiger partial charge in [0, 0.05) is 25.0 Å². The van der Waals surface area contributed by atoms with Crippen molar-refractivity contribution in [3.63, 3.8) is 0 Å². The molecule has 0 spiro atoms. The highest BCUT2D eigenvalue weighted by atomic mass is 35.5. The lowest BCUT2D eigenvalue weighted by atomic mass is 10.1. The van der Waals surface area contributed by atoms with Gasteiger partial charge >= 0.3 is 0 Å². The van der Waals surface area contributed by atoms with Crippen LogP contribution >= 0.6 is 11.6 Å². The van der Waals surface area contributed by atoms with Gasteiger partial charge in [0.25, 0.3) is 18.4 Å². The van der Waals surface area contributed by atoms with Gasteiger partial charge in [-0.3, -0.25) is 4.18 Å². The molecular weight excluding hydrogens is 504 g/mol. The van der Waals surface area contributed by atoms with Gasteiger partial charge in [0.1, 0.15) is 0 Å². The Balaban J connectivity index is 1.51. The largest absolute Gasteiger partial charge is 0.405 e. The number of ether oxygens (including phenoxy) is 2. The van der Waals surface area contributed by atoms with Gasteiger partial charge < -0.3 is 13.9 Å². The molecule has 0 radical (unpaired) electrons. The summed E-state index contributed by atoms with van der Waals surface area (Å²) in [5, 5.41) is 2.76. The smallest absolute Gasteiger partial charge is 0.297 e. The Morgan fingerprint density at radius 1 is 0.914 bits per heavy atom. The van der Waals surface area contributed by atoms with Crippen LogP contribution in [0.4, 0.5) is 0 Å². The maximum Gasteiger partial charge on any atom is 0.297 e. The summed E-state index contributed by atoms with van der Waals surface area (Å²) in [5.74, 6) is 0. The molecule has 6 nitrogen and oxygen atoms in total. The standard InChI is InChI=1S/C26H29ClO6SSi/c1-30-26-18-21(17-22(32-26)19-31-34(28,29)23-15-13-20(27)14-16-23)33-35(2,24-9-5-3-6-10-24)25-11-7-4-8-12-25/h3-16,21-22,26H,17-19H2,1-2H3/t21-,22+,26-/m1/s1. The zero-order valence-corrected chi connectivity index (χ0v) is 22.2. The average Bonchev–Trinajstić information content (AvgIpc) is 2.88. The molecule has 1 aliphatic rings. The summed E-state index contributed by atoms with van der Waals surface area (Å²) in [6, 6.07) is 26.3. The second kappa shape index (κ2) is 11.3. The summed E-state index contributed by atoms with van der Waals surface area (Å²) >= 11 is 5.87. The average molecular weight is 533 g/mol. The number of benzene rings is 3. The van der Waals surface area contributed by atoms with Crippen LogP contribution in [0.5, 0.6) is 0 Å². The van der Waals surface area contributed by atoms with Gasteiger partial charge in [-0.2, -0.15) is 8.42 Å². The van der Waals surface area contributed by atoms with E-state index in [1.165, 1.54) is 24.3 Å². The monoisotopic (exact) mass is 532 g/mol. The molecular formula is C26H29ClO6SSi. The second-order valence-electron chi connectivity index (χ2n) is 8.59. The third kappa shape index (κ3) is 6.40. The van der Waals surface area contributed by atoms with E-state index in [1.54, 1.807) is 7.11 Å². The lowest BCUT2D eigenvalue weighted by Gasteiger charge is -2.39. The minimum atomic E-state index is -3.95. The molecule has 0 bridgehead atoms. The maximum absolute atomic E-state index is 12.6. The SMILES string of the molecule is CO[C@H]1C[C@H](O[Si](C)(c2ccccc2)c2ccccc2)C[C@@H](COS(=O)(=O)c2ccc(Cl)cc2)O1. The highest BCUT2D eigenvalue weighted by molar-refractivity contribution is 7.86. The maximum atomic E-state index is 12.6. The van der Waals surface area contributed by atoms with Gasteiger partial charge in [0.05, 0.1) is 23.7 Å². The van der Waals surface area contributed by atoms with Crippen molar-refractivity contribution in [2.75, 3.05) is 13.7 Å². The molecule has 0 aliphatic carbocycles. The molecule has 3 aromatic rings. The van der Waals surface area contributed by atoms with E-state index in [0.717, 1.165) is 10.4 Å². The van der Waals surface area contributed by atoms with Crippen molar-refractivity contribution in [2.24, 2.45) is 0 Å². The van der Waals surface area contributed by atoms with Crippen LogP contribution in [0.25, 0.3) is 0 Å². The molecule has 0 N–H and O–H groups in total. The number of halogens is 1. The highest BCUT2D eigenvalue weighted by Gasteiger charge is 2.40. The topological polar surface area (TPSA) is 71.1 Å². The number of rotatable bonds is 9. The fourth-order valence-electron chi connectivity index (χ4n) is 4.27. The van der Waals surface area contributed by atoms with Crippen molar-refractivity contribution in [3.05, 3.63) is 90.0 Å². The minimum absolute atomic E-state index is 0.0435. The minimum Gasteiger partial charge on any atom is -0.405 e. The summed E-state index contributed by atoms with van der Waals surface area (Å²) < 4.78 is 49.0. The summed E-state index contributed by atoms with van der Waals surface area (Å²) in [7, 11) is -4.94. The van der Waals surface area contributed by atoms with E-state index in [0.29, 0.717) is 17.9 Å². The first-order chi connectivity index (χ1) is 16.8. The third-order valence-corrected chi connectivity index (χ3v) is 11.4. The molecule has 1 fully saturated rings. The Kier molecular flexibility index (Phi) is 8.44. The summed E-state index contributed by atoms with van der Waals surface area (Å²) in [5.41, 5.74) is 0. The lowest BCUT2D eigenvalue weighted by Crippen LogP contribution is -2.61. The number of methoxy groups -OCH3 is 1. The number of hydrogen-bond acceptors (Lipinski definition) is 6. The van der Waals surface area contributed by atoms with E-state index in [1.807, 2.05) is 36.4 Å². The van der Waals surface area contributed by atoms with Crippen molar-refractivity contribution in [1.82, 2.24) is 0 Å². The van der Waals surface area contributed by atoms with Gasteiger partial charge in [-0.05, 0) is 41.2 Å². The normalized spacial score (nSPS) is 21.1. The molecule has 186 valence electrons. The van der Waals surface area contributed by atoms with E-state index < -0.39 is 30.8 Å². The van der Waals surface area contributed by atoms with Crippen molar-refractivity contribution in [1.29, 1.82) is 0 Å². The van der Waals surface area contributed by atoms with E-state index in [9.17, 15) is 8.42 Å². The molecule has 9 heteroatoms. The Hall–Kier alpha value is -2.04. The molecule has 4 rings (SSSR count). The van der Waals surface area contributed by atoms with Crippen LogP contribution in [0, 0.1) is 0 Å².